The van der Waals surface area contributed by atoms with Gasteiger partial charge < -0.3 is 0 Å². The van der Waals surface area contributed by atoms with Crippen LogP contribution in [0.4, 0.5) is 0 Å². The van der Waals surface area contributed by atoms with Crippen molar-refractivity contribution in [2.24, 2.45) is 0 Å². The minimum Gasteiger partial charge on any atom is -0.0985 e. The Morgan fingerprint density at radius 2 is 1.81 bits per heavy atom. The topological polar surface area (TPSA) is 0 Å². The first kappa shape index (κ1) is 12.5. The molecule has 0 aliphatic rings. The molecule has 0 fully saturated rings. The van der Waals surface area contributed by atoms with Crippen LogP contribution in [-0.4, -0.2) is 0 Å². The third kappa shape index (κ3) is 2.52. The van der Waals surface area contributed by atoms with E-state index in [9.17, 15) is 0 Å². The van der Waals surface area contributed by atoms with Crippen molar-refractivity contribution in [2.75, 3.05) is 0 Å². The molecule has 0 spiro atoms. The summed E-state index contributed by atoms with van der Waals surface area (Å²) in [5.41, 5.74) is 6.35. The average molecular weight is 212 g/mol. The molecule has 1 aromatic carbocycles. The van der Waals surface area contributed by atoms with E-state index in [4.69, 9.17) is 0 Å². The van der Waals surface area contributed by atoms with Gasteiger partial charge in [-0.25, -0.2) is 0 Å². The van der Waals surface area contributed by atoms with Crippen LogP contribution in [0.2, 0.25) is 0 Å². The molecule has 1 rings (SSSR count). The number of aryl methyl sites for hydroxylation is 2. The molecule has 0 atom stereocenters. The summed E-state index contributed by atoms with van der Waals surface area (Å²) in [6, 6.07) is 6.55. The van der Waals surface area contributed by atoms with Crippen molar-refractivity contribution in [2.45, 2.75) is 27.7 Å². The van der Waals surface area contributed by atoms with Crippen LogP contribution < -0.4 is 0 Å². The highest BCUT2D eigenvalue weighted by Crippen LogP contribution is 2.27. The van der Waals surface area contributed by atoms with E-state index in [1.54, 1.807) is 0 Å². The molecule has 16 heavy (non-hydrogen) atoms. The summed E-state index contributed by atoms with van der Waals surface area (Å²) in [5, 5.41) is 0. The molecule has 0 aromatic heterocycles. The maximum absolute atomic E-state index is 3.87. The van der Waals surface area contributed by atoms with Crippen LogP contribution in [0.5, 0.6) is 0 Å². The average Bonchev–Trinajstić information content (AvgIpc) is 2.29. The Bertz CT molecular complexity index is 445. The number of hydrogen-bond acceptors (Lipinski definition) is 0. The van der Waals surface area contributed by atoms with Gasteiger partial charge in [-0.1, -0.05) is 48.6 Å². The Labute approximate surface area is 99.0 Å². The molecule has 0 heterocycles. The van der Waals surface area contributed by atoms with E-state index >= 15 is 0 Å². The highest BCUT2D eigenvalue weighted by atomic mass is 14.1. The summed E-state index contributed by atoms with van der Waals surface area (Å²) in [6.45, 7) is 12.3. The van der Waals surface area contributed by atoms with Crippen molar-refractivity contribution in [3.63, 3.8) is 0 Å². The first-order valence-corrected chi connectivity index (χ1v) is 5.67. The zero-order valence-electron chi connectivity index (χ0n) is 10.7. The van der Waals surface area contributed by atoms with Gasteiger partial charge in [-0.3, -0.25) is 0 Å². The zero-order valence-corrected chi connectivity index (χ0v) is 10.7. The van der Waals surface area contributed by atoms with Gasteiger partial charge in [0, 0.05) is 0 Å². The lowest BCUT2D eigenvalue weighted by atomic mass is 9.92. The standard InChI is InChI=1S/C16H20/c1-6-14(7-2)15(8-3)16-11-12(4)9-10-13(16)5/h6-11H,1H2,2-5H3/b14-7+,15-8-. The van der Waals surface area contributed by atoms with Gasteiger partial charge in [-0.2, -0.15) is 0 Å². The molecule has 0 saturated heterocycles. The van der Waals surface area contributed by atoms with Gasteiger partial charge in [-0.15, -0.1) is 0 Å². The van der Waals surface area contributed by atoms with Gasteiger partial charge in [-0.05, 0) is 50.0 Å². The minimum atomic E-state index is 1.19. The van der Waals surface area contributed by atoms with Crippen molar-refractivity contribution in [3.05, 3.63) is 65.3 Å². The van der Waals surface area contributed by atoms with Crippen molar-refractivity contribution >= 4 is 5.57 Å². The van der Waals surface area contributed by atoms with Crippen LogP contribution in [0, 0.1) is 13.8 Å². The van der Waals surface area contributed by atoms with Crippen molar-refractivity contribution in [1.29, 1.82) is 0 Å². The van der Waals surface area contributed by atoms with E-state index in [1.807, 2.05) is 13.0 Å². The van der Waals surface area contributed by atoms with Crippen molar-refractivity contribution < 1.29 is 0 Å². The lowest BCUT2D eigenvalue weighted by Crippen LogP contribution is -1.92. The maximum Gasteiger partial charge on any atom is -0.0150 e. The Hall–Kier alpha value is -1.56. The summed E-state index contributed by atoms with van der Waals surface area (Å²) in [5.74, 6) is 0. The molecule has 0 radical (unpaired) electrons. The zero-order chi connectivity index (χ0) is 12.1. The van der Waals surface area contributed by atoms with Gasteiger partial charge in [0.25, 0.3) is 0 Å². The number of benzene rings is 1. The minimum absolute atomic E-state index is 1.19. The second-order valence-corrected chi connectivity index (χ2v) is 3.97. The highest BCUT2D eigenvalue weighted by Gasteiger charge is 2.06. The van der Waals surface area contributed by atoms with Gasteiger partial charge >= 0.3 is 0 Å². The molecule has 0 saturated carbocycles. The second-order valence-electron chi connectivity index (χ2n) is 3.97. The van der Waals surface area contributed by atoms with E-state index < -0.39 is 0 Å². The summed E-state index contributed by atoms with van der Waals surface area (Å²) in [6.07, 6.45) is 6.17. The first-order valence-electron chi connectivity index (χ1n) is 5.67. The predicted octanol–water partition coefficient (Wildman–Crippen LogP) is 4.84. The molecule has 1 aromatic rings. The molecule has 0 aliphatic heterocycles. The summed E-state index contributed by atoms with van der Waals surface area (Å²) in [7, 11) is 0. The van der Waals surface area contributed by atoms with E-state index in [1.165, 1.54) is 27.8 Å². The molecule has 0 unspecified atom stereocenters. The lowest BCUT2D eigenvalue weighted by Gasteiger charge is -2.12. The molecular weight excluding hydrogens is 192 g/mol. The fraction of sp³-hybridized carbons (Fsp3) is 0.250. The normalized spacial score (nSPS) is 12.8. The SMILES string of the molecule is C=CC(=C\C)/C(=C/C)c1cc(C)ccc1C. The highest BCUT2D eigenvalue weighted by molar-refractivity contribution is 5.83. The third-order valence-corrected chi connectivity index (χ3v) is 2.81. The molecule has 84 valence electrons. The maximum atomic E-state index is 3.87. The fourth-order valence-corrected chi connectivity index (χ4v) is 1.89. The molecule has 0 aliphatic carbocycles. The third-order valence-electron chi connectivity index (χ3n) is 2.81. The summed E-state index contributed by atoms with van der Waals surface area (Å²) >= 11 is 0. The first-order chi connectivity index (χ1) is 7.63. The number of allylic oxidation sites excluding steroid dienone is 5. The molecule has 0 amide bonds. The molecular formula is C16H20. The van der Waals surface area contributed by atoms with Gasteiger partial charge in [0.05, 0.1) is 0 Å². The number of rotatable bonds is 3. The van der Waals surface area contributed by atoms with Gasteiger partial charge in [0.2, 0.25) is 0 Å². The Morgan fingerprint density at radius 3 is 2.31 bits per heavy atom. The fourth-order valence-electron chi connectivity index (χ4n) is 1.89. The van der Waals surface area contributed by atoms with E-state index in [-0.39, 0.29) is 0 Å². The van der Waals surface area contributed by atoms with Crippen LogP contribution in [-0.2, 0) is 0 Å². The van der Waals surface area contributed by atoms with Crippen LogP contribution in [0.15, 0.2) is 48.6 Å². The molecule has 0 heteroatoms. The van der Waals surface area contributed by atoms with Crippen LogP contribution in [0.1, 0.15) is 30.5 Å². The van der Waals surface area contributed by atoms with Crippen LogP contribution in [0.25, 0.3) is 5.57 Å². The Balaban J connectivity index is 3.35. The lowest BCUT2D eigenvalue weighted by molar-refractivity contribution is 1.35. The quantitative estimate of drug-likeness (QED) is 0.629. The summed E-state index contributed by atoms with van der Waals surface area (Å²) < 4.78 is 0. The van der Waals surface area contributed by atoms with Crippen LogP contribution in [0.3, 0.4) is 0 Å². The number of hydrogen-bond donors (Lipinski definition) is 0. The second kappa shape index (κ2) is 5.50. The van der Waals surface area contributed by atoms with E-state index in [0.717, 1.165) is 0 Å². The van der Waals surface area contributed by atoms with Gasteiger partial charge in [0.15, 0.2) is 0 Å². The largest absolute Gasteiger partial charge is 0.0985 e. The van der Waals surface area contributed by atoms with Crippen LogP contribution >= 0.6 is 0 Å². The Kier molecular flexibility index (Phi) is 4.30. The van der Waals surface area contributed by atoms with E-state index in [0.29, 0.717) is 0 Å². The molecule has 0 bridgehead atoms. The summed E-state index contributed by atoms with van der Waals surface area (Å²) in [4.78, 5) is 0. The van der Waals surface area contributed by atoms with Gasteiger partial charge in [0.1, 0.15) is 0 Å². The van der Waals surface area contributed by atoms with Crippen molar-refractivity contribution in [1.82, 2.24) is 0 Å². The van der Waals surface area contributed by atoms with E-state index in [2.05, 4.69) is 57.7 Å². The molecule has 0 N–H and O–H groups in total. The monoisotopic (exact) mass is 212 g/mol. The van der Waals surface area contributed by atoms with Crippen molar-refractivity contribution in [3.8, 4) is 0 Å². The predicted molar refractivity (Wildman–Crippen MR) is 73.5 cm³/mol. The smallest absolute Gasteiger partial charge is 0.0150 e. The molecule has 0 nitrogen and oxygen atoms in total. The Morgan fingerprint density at radius 1 is 1.12 bits per heavy atom.